The molecule has 1 atom stereocenters. The molecule has 0 bridgehead atoms. The summed E-state index contributed by atoms with van der Waals surface area (Å²) < 4.78 is 0. The number of nitrogens with zero attached hydrogens (tertiary/aromatic N) is 1. The zero-order chi connectivity index (χ0) is 11.6. The number of hydrogen-bond donors (Lipinski definition) is 0. The van der Waals surface area contributed by atoms with E-state index in [4.69, 9.17) is 0 Å². The molecule has 0 aliphatic heterocycles. The zero-order valence-corrected chi connectivity index (χ0v) is 9.70. The van der Waals surface area contributed by atoms with Crippen molar-refractivity contribution in [1.29, 1.82) is 5.26 Å². The van der Waals surface area contributed by atoms with Crippen molar-refractivity contribution in [2.75, 3.05) is 0 Å². The van der Waals surface area contributed by atoms with Gasteiger partial charge in [0.1, 0.15) is 5.41 Å². The van der Waals surface area contributed by atoms with Gasteiger partial charge in [-0.1, -0.05) is 42.5 Å². The molecule has 1 aliphatic rings. The Labute approximate surface area is 96.7 Å². The second-order valence-corrected chi connectivity index (χ2v) is 4.32. The van der Waals surface area contributed by atoms with Crippen molar-refractivity contribution in [3.8, 4) is 6.07 Å². The zero-order valence-electron chi connectivity index (χ0n) is 9.70. The van der Waals surface area contributed by atoms with Crippen LogP contribution in [-0.4, -0.2) is 0 Å². The third kappa shape index (κ3) is 1.57. The smallest absolute Gasteiger partial charge is 0.104 e. The minimum absolute atomic E-state index is 0.467. The first-order valence-electron chi connectivity index (χ1n) is 5.52. The molecule has 0 heterocycles. The third-order valence-electron chi connectivity index (χ3n) is 3.35. The lowest BCUT2D eigenvalue weighted by atomic mass is 9.74. The van der Waals surface area contributed by atoms with Crippen LogP contribution in [-0.2, 0) is 5.41 Å². The molecule has 0 fully saturated rings. The van der Waals surface area contributed by atoms with Crippen LogP contribution in [0.5, 0.6) is 0 Å². The fourth-order valence-electron chi connectivity index (χ4n) is 2.20. The Morgan fingerprint density at radius 2 is 2.06 bits per heavy atom. The highest BCUT2D eigenvalue weighted by molar-refractivity contribution is 5.48. The van der Waals surface area contributed by atoms with Gasteiger partial charge in [-0.15, -0.1) is 0 Å². The van der Waals surface area contributed by atoms with E-state index in [9.17, 15) is 5.26 Å². The highest BCUT2D eigenvalue weighted by Gasteiger charge is 2.30. The van der Waals surface area contributed by atoms with E-state index >= 15 is 0 Å². The molecule has 16 heavy (non-hydrogen) atoms. The second kappa shape index (κ2) is 3.98. The molecule has 0 amide bonds. The predicted octanol–water partition coefficient (Wildman–Crippen LogP) is 3.58. The Morgan fingerprint density at radius 3 is 2.69 bits per heavy atom. The van der Waals surface area contributed by atoms with Crippen molar-refractivity contribution >= 4 is 0 Å². The van der Waals surface area contributed by atoms with Gasteiger partial charge in [-0.25, -0.2) is 0 Å². The number of rotatable bonds is 1. The maximum absolute atomic E-state index is 9.48. The minimum atomic E-state index is -0.467. The summed E-state index contributed by atoms with van der Waals surface area (Å²) in [5, 5.41) is 9.48. The predicted molar refractivity (Wildman–Crippen MR) is 66.1 cm³/mol. The normalized spacial score (nSPS) is 23.1. The molecule has 0 radical (unpaired) electrons. The van der Waals surface area contributed by atoms with Crippen LogP contribution in [0.3, 0.4) is 0 Å². The molecule has 0 aromatic heterocycles. The standard InChI is InChI=1S/C15H15N/c1-12-7-6-8-14(13(12)2)15(11-16)9-4-3-5-10-15/h3-9H,10H2,1-2H3. The average molecular weight is 209 g/mol. The summed E-state index contributed by atoms with van der Waals surface area (Å²) in [4.78, 5) is 0. The van der Waals surface area contributed by atoms with E-state index in [-0.39, 0.29) is 0 Å². The van der Waals surface area contributed by atoms with E-state index in [1.807, 2.05) is 24.3 Å². The molecule has 0 N–H and O–H groups in total. The van der Waals surface area contributed by atoms with Gasteiger partial charge in [0.25, 0.3) is 0 Å². The van der Waals surface area contributed by atoms with Crippen LogP contribution in [0, 0.1) is 25.2 Å². The van der Waals surface area contributed by atoms with E-state index in [0.29, 0.717) is 0 Å². The lowest BCUT2D eigenvalue weighted by Crippen LogP contribution is -2.23. The van der Waals surface area contributed by atoms with Crippen LogP contribution in [0.15, 0.2) is 42.5 Å². The molecule has 80 valence electrons. The van der Waals surface area contributed by atoms with Crippen LogP contribution in [0.2, 0.25) is 0 Å². The number of aryl methyl sites for hydroxylation is 1. The summed E-state index contributed by atoms with van der Waals surface area (Å²) in [6.45, 7) is 4.18. The van der Waals surface area contributed by atoms with E-state index in [1.54, 1.807) is 0 Å². The number of allylic oxidation sites excluding steroid dienone is 4. The van der Waals surface area contributed by atoms with Crippen molar-refractivity contribution in [3.63, 3.8) is 0 Å². The average Bonchev–Trinajstić information content (AvgIpc) is 2.33. The molecule has 0 saturated carbocycles. The van der Waals surface area contributed by atoms with Gasteiger partial charge < -0.3 is 0 Å². The Morgan fingerprint density at radius 1 is 1.25 bits per heavy atom. The molecule has 1 aromatic rings. The monoisotopic (exact) mass is 209 g/mol. The fraction of sp³-hybridized carbons (Fsp3) is 0.267. The highest BCUT2D eigenvalue weighted by atomic mass is 14.4. The topological polar surface area (TPSA) is 23.8 Å². The molecule has 0 spiro atoms. The fourth-order valence-corrected chi connectivity index (χ4v) is 2.20. The second-order valence-electron chi connectivity index (χ2n) is 4.32. The van der Waals surface area contributed by atoms with E-state index in [0.717, 1.165) is 12.0 Å². The molecular weight excluding hydrogens is 194 g/mol. The van der Waals surface area contributed by atoms with E-state index in [2.05, 4.69) is 38.1 Å². The first kappa shape index (κ1) is 10.7. The number of nitriles is 1. The molecule has 1 aromatic carbocycles. The molecular formula is C15H15N. The first-order chi connectivity index (χ1) is 7.69. The van der Waals surface area contributed by atoms with Crippen LogP contribution >= 0.6 is 0 Å². The van der Waals surface area contributed by atoms with Crippen LogP contribution < -0.4 is 0 Å². The van der Waals surface area contributed by atoms with Gasteiger partial charge in [0.2, 0.25) is 0 Å². The van der Waals surface area contributed by atoms with Crippen LogP contribution in [0.4, 0.5) is 0 Å². The SMILES string of the molecule is Cc1cccc(C2(C#N)C=CC=CC2)c1C. The Kier molecular flexibility index (Phi) is 2.66. The summed E-state index contributed by atoms with van der Waals surface area (Å²) in [5.74, 6) is 0. The van der Waals surface area contributed by atoms with Gasteiger partial charge in [0.15, 0.2) is 0 Å². The molecule has 1 nitrogen and oxygen atoms in total. The Hall–Kier alpha value is -1.81. The van der Waals surface area contributed by atoms with Crippen molar-refractivity contribution in [2.45, 2.75) is 25.7 Å². The molecule has 0 saturated heterocycles. The summed E-state index contributed by atoms with van der Waals surface area (Å²) in [7, 11) is 0. The number of hydrogen-bond acceptors (Lipinski definition) is 1. The van der Waals surface area contributed by atoms with Gasteiger partial charge in [0, 0.05) is 0 Å². The quantitative estimate of drug-likeness (QED) is 0.693. The lowest BCUT2D eigenvalue weighted by molar-refractivity contribution is 0.684. The van der Waals surface area contributed by atoms with Crippen molar-refractivity contribution in [3.05, 3.63) is 59.2 Å². The summed E-state index contributed by atoms with van der Waals surface area (Å²) >= 11 is 0. The Balaban J connectivity index is 2.58. The van der Waals surface area contributed by atoms with Gasteiger partial charge in [-0.2, -0.15) is 5.26 Å². The van der Waals surface area contributed by atoms with Crippen molar-refractivity contribution in [1.82, 2.24) is 0 Å². The van der Waals surface area contributed by atoms with Crippen molar-refractivity contribution in [2.24, 2.45) is 0 Å². The minimum Gasteiger partial charge on any atom is -0.197 e. The number of benzene rings is 1. The molecule has 1 unspecified atom stereocenters. The van der Waals surface area contributed by atoms with Crippen LogP contribution in [0.1, 0.15) is 23.1 Å². The molecule has 1 aliphatic carbocycles. The molecule has 2 rings (SSSR count). The Bertz CT molecular complexity index is 503. The molecule has 1 heteroatoms. The summed E-state index contributed by atoms with van der Waals surface area (Å²) in [6.07, 6.45) is 8.80. The van der Waals surface area contributed by atoms with Gasteiger partial charge >= 0.3 is 0 Å². The van der Waals surface area contributed by atoms with E-state index in [1.165, 1.54) is 11.1 Å². The maximum Gasteiger partial charge on any atom is 0.104 e. The summed E-state index contributed by atoms with van der Waals surface area (Å²) in [6, 6.07) is 8.65. The van der Waals surface area contributed by atoms with Crippen LogP contribution in [0.25, 0.3) is 0 Å². The highest BCUT2D eigenvalue weighted by Crippen LogP contribution is 2.34. The van der Waals surface area contributed by atoms with Gasteiger partial charge in [0.05, 0.1) is 6.07 Å². The van der Waals surface area contributed by atoms with Gasteiger partial charge in [-0.3, -0.25) is 0 Å². The first-order valence-corrected chi connectivity index (χ1v) is 5.52. The maximum atomic E-state index is 9.48. The summed E-state index contributed by atoms with van der Waals surface area (Å²) in [5.41, 5.74) is 3.14. The van der Waals surface area contributed by atoms with E-state index < -0.39 is 5.41 Å². The van der Waals surface area contributed by atoms with Gasteiger partial charge in [-0.05, 0) is 37.0 Å². The third-order valence-corrected chi connectivity index (χ3v) is 3.35. The largest absolute Gasteiger partial charge is 0.197 e. The lowest BCUT2D eigenvalue weighted by Gasteiger charge is -2.26. The van der Waals surface area contributed by atoms with Crippen molar-refractivity contribution < 1.29 is 0 Å².